The van der Waals surface area contributed by atoms with Crippen LogP contribution in [0.5, 0.6) is 0 Å². The van der Waals surface area contributed by atoms with E-state index < -0.39 is 0 Å². The van der Waals surface area contributed by atoms with Crippen LogP contribution in [0.15, 0.2) is 5.38 Å². The maximum atomic E-state index is 4.60. The van der Waals surface area contributed by atoms with E-state index in [0.717, 1.165) is 24.7 Å². The molecule has 3 rings (SSSR count). The van der Waals surface area contributed by atoms with Gasteiger partial charge in [0.2, 0.25) is 0 Å². The zero-order valence-electron chi connectivity index (χ0n) is 10.6. The van der Waals surface area contributed by atoms with E-state index >= 15 is 0 Å². The Hall–Kier alpha value is -0.450. The predicted molar refractivity (Wildman–Crippen MR) is 71.3 cm³/mol. The van der Waals surface area contributed by atoms with Crippen molar-refractivity contribution in [3.8, 4) is 0 Å². The van der Waals surface area contributed by atoms with E-state index in [1.807, 2.05) is 11.3 Å². The first kappa shape index (κ1) is 11.6. The number of piperidine rings is 1. The molecule has 0 aromatic carbocycles. The molecule has 1 N–H and O–H groups in total. The Morgan fingerprint density at radius 2 is 2.12 bits per heavy atom. The number of thiazole rings is 1. The molecule has 2 aliphatic heterocycles. The van der Waals surface area contributed by atoms with Crippen LogP contribution in [0.4, 0.5) is 0 Å². The van der Waals surface area contributed by atoms with Crippen LogP contribution < -0.4 is 5.32 Å². The highest BCUT2D eigenvalue weighted by Crippen LogP contribution is 2.36. The summed E-state index contributed by atoms with van der Waals surface area (Å²) in [5.74, 6) is 0. The molecule has 94 valence electrons. The molecule has 0 saturated carbocycles. The monoisotopic (exact) mass is 251 g/mol. The van der Waals surface area contributed by atoms with Crippen LogP contribution in [0, 0.1) is 6.92 Å². The van der Waals surface area contributed by atoms with E-state index in [1.54, 1.807) is 0 Å². The molecule has 0 aliphatic carbocycles. The van der Waals surface area contributed by atoms with Crippen LogP contribution in [0.1, 0.15) is 36.4 Å². The van der Waals surface area contributed by atoms with Crippen molar-refractivity contribution in [1.82, 2.24) is 15.2 Å². The Balaban J connectivity index is 1.69. The average molecular weight is 251 g/mol. The first-order chi connectivity index (χ1) is 8.26. The molecule has 2 aliphatic rings. The molecule has 0 radical (unpaired) electrons. The molecule has 4 heteroatoms. The van der Waals surface area contributed by atoms with E-state index in [2.05, 4.69) is 34.6 Å². The first-order valence-electron chi connectivity index (χ1n) is 6.60. The summed E-state index contributed by atoms with van der Waals surface area (Å²) >= 11 is 1.81. The molecule has 1 aromatic rings. The minimum absolute atomic E-state index is 0.738. The lowest BCUT2D eigenvalue weighted by atomic mass is 9.97. The van der Waals surface area contributed by atoms with Gasteiger partial charge in [0.15, 0.2) is 0 Å². The van der Waals surface area contributed by atoms with Crippen molar-refractivity contribution in [2.75, 3.05) is 7.05 Å². The van der Waals surface area contributed by atoms with Gasteiger partial charge in [-0.25, -0.2) is 4.98 Å². The van der Waals surface area contributed by atoms with E-state index in [1.165, 1.54) is 36.4 Å². The normalized spacial score (nSPS) is 33.2. The second kappa shape index (κ2) is 4.67. The highest BCUT2D eigenvalue weighted by atomic mass is 32.1. The first-order valence-corrected chi connectivity index (χ1v) is 7.48. The van der Waals surface area contributed by atoms with Gasteiger partial charge in [0.25, 0.3) is 0 Å². The molecule has 1 aromatic heterocycles. The molecule has 2 saturated heterocycles. The molecule has 2 bridgehead atoms. The number of hydrogen-bond donors (Lipinski definition) is 1. The summed E-state index contributed by atoms with van der Waals surface area (Å²) in [5, 5.41) is 6.91. The van der Waals surface area contributed by atoms with Crippen LogP contribution in [-0.2, 0) is 6.54 Å². The number of nitrogens with one attached hydrogen (secondary N) is 1. The Kier molecular flexibility index (Phi) is 3.19. The van der Waals surface area contributed by atoms with Gasteiger partial charge in [-0.3, -0.25) is 4.90 Å². The summed E-state index contributed by atoms with van der Waals surface area (Å²) in [5.41, 5.74) is 1.17. The lowest BCUT2D eigenvalue weighted by molar-refractivity contribution is 0.111. The topological polar surface area (TPSA) is 28.2 Å². The average Bonchev–Trinajstić information content (AvgIpc) is 2.82. The number of nitrogens with zero attached hydrogens (tertiary/aromatic N) is 2. The molecule has 2 atom stereocenters. The predicted octanol–water partition coefficient (Wildman–Crippen LogP) is 2.17. The zero-order chi connectivity index (χ0) is 11.8. The van der Waals surface area contributed by atoms with Gasteiger partial charge in [-0.1, -0.05) is 0 Å². The molecule has 3 nitrogen and oxygen atoms in total. The van der Waals surface area contributed by atoms with Crippen molar-refractivity contribution in [3.63, 3.8) is 0 Å². The molecular formula is C13H21N3S. The van der Waals surface area contributed by atoms with Gasteiger partial charge in [0.05, 0.1) is 6.54 Å². The molecule has 0 spiro atoms. The third-order valence-corrected chi connectivity index (χ3v) is 5.23. The van der Waals surface area contributed by atoms with Crippen molar-refractivity contribution in [2.45, 2.75) is 57.3 Å². The zero-order valence-corrected chi connectivity index (χ0v) is 11.5. The summed E-state index contributed by atoms with van der Waals surface area (Å²) in [6, 6.07) is 2.31. The van der Waals surface area contributed by atoms with Crippen molar-refractivity contribution in [2.24, 2.45) is 0 Å². The molecule has 2 fully saturated rings. The van der Waals surface area contributed by atoms with Crippen LogP contribution in [0.2, 0.25) is 0 Å². The molecule has 0 amide bonds. The minimum Gasteiger partial charge on any atom is -0.317 e. The van der Waals surface area contributed by atoms with Crippen molar-refractivity contribution < 1.29 is 0 Å². The molecule has 17 heavy (non-hydrogen) atoms. The Labute approximate surface area is 107 Å². The largest absolute Gasteiger partial charge is 0.317 e. The number of fused-ring (bicyclic) bond motifs is 2. The number of aryl methyl sites for hydroxylation is 1. The van der Waals surface area contributed by atoms with E-state index in [0.29, 0.717) is 0 Å². The fourth-order valence-electron chi connectivity index (χ4n) is 3.40. The fourth-order valence-corrected chi connectivity index (χ4v) is 4.18. The van der Waals surface area contributed by atoms with Gasteiger partial charge in [0, 0.05) is 29.2 Å². The third-order valence-electron chi connectivity index (χ3n) is 4.28. The Morgan fingerprint density at radius 3 is 2.65 bits per heavy atom. The van der Waals surface area contributed by atoms with Crippen LogP contribution in [0.3, 0.4) is 0 Å². The van der Waals surface area contributed by atoms with Crippen LogP contribution in [-0.4, -0.2) is 35.1 Å². The number of hydrogen-bond acceptors (Lipinski definition) is 4. The fraction of sp³-hybridized carbons (Fsp3) is 0.769. The van der Waals surface area contributed by atoms with Gasteiger partial charge < -0.3 is 5.32 Å². The molecular weight excluding hydrogens is 230 g/mol. The molecule has 2 unspecified atom stereocenters. The Morgan fingerprint density at radius 1 is 1.41 bits per heavy atom. The summed E-state index contributed by atoms with van der Waals surface area (Å²) in [6.07, 6.45) is 5.40. The smallest absolute Gasteiger partial charge is 0.107 e. The van der Waals surface area contributed by atoms with Crippen LogP contribution in [0.25, 0.3) is 0 Å². The van der Waals surface area contributed by atoms with Crippen LogP contribution >= 0.6 is 11.3 Å². The third kappa shape index (κ3) is 2.26. The second-order valence-electron chi connectivity index (χ2n) is 5.40. The van der Waals surface area contributed by atoms with Gasteiger partial charge in [-0.2, -0.15) is 0 Å². The second-order valence-corrected chi connectivity index (χ2v) is 6.34. The van der Waals surface area contributed by atoms with Crippen molar-refractivity contribution >= 4 is 11.3 Å². The number of rotatable bonds is 3. The lowest BCUT2D eigenvalue weighted by Gasteiger charge is -2.38. The van der Waals surface area contributed by atoms with Gasteiger partial charge >= 0.3 is 0 Å². The molecule has 3 heterocycles. The van der Waals surface area contributed by atoms with E-state index in [-0.39, 0.29) is 0 Å². The summed E-state index contributed by atoms with van der Waals surface area (Å²) < 4.78 is 0. The summed E-state index contributed by atoms with van der Waals surface area (Å²) in [7, 11) is 2.10. The highest BCUT2D eigenvalue weighted by molar-refractivity contribution is 7.09. The van der Waals surface area contributed by atoms with E-state index in [4.69, 9.17) is 0 Å². The summed E-state index contributed by atoms with van der Waals surface area (Å²) in [4.78, 5) is 7.30. The van der Waals surface area contributed by atoms with E-state index in [9.17, 15) is 0 Å². The standard InChI is InChI=1S/C13H21N3S/c1-9-8-17-13(15-9)7-16-11-3-4-12(16)6-10(5-11)14-2/h8,10-12,14H,3-7H2,1-2H3. The minimum atomic E-state index is 0.738. The maximum absolute atomic E-state index is 4.60. The highest BCUT2D eigenvalue weighted by Gasteiger charge is 2.40. The van der Waals surface area contributed by atoms with Gasteiger partial charge in [-0.15, -0.1) is 11.3 Å². The SMILES string of the molecule is CNC1CC2CCC(C1)N2Cc1nc(C)cs1. The van der Waals surface area contributed by atoms with Gasteiger partial charge in [0.1, 0.15) is 5.01 Å². The Bertz CT molecular complexity index is 376. The lowest BCUT2D eigenvalue weighted by Crippen LogP contribution is -2.47. The quantitative estimate of drug-likeness (QED) is 0.892. The number of aromatic nitrogens is 1. The van der Waals surface area contributed by atoms with Crippen molar-refractivity contribution in [1.29, 1.82) is 0 Å². The summed E-state index contributed by atoms with van der Waals surface area (Å²) in [6.45, 7) is 3.16. The van der Waals surface area contributed by atoms with Gasteiger partial charge in [-0.05, 0) is 39.7 Å². The maximum Gasteiger partial charge on any atom is 0.107 e. The van der Waals surface area contributed by atoms with Crippen molar-refractivity contribution in [3.05, 3.63) is 16.1 Å².